The SMILES string of the molecule is O=C(CCNC(=O)c1cnccn1)Nc1nc2c(s1)CCC2. The van der Waals surface area contributed by atoms with Crippen molar-refractivity contribution in [2.75, 3.05) is 11.9 Å². The van der Waals surface area contributed by atoms with Gasteiger partial charge in [0.05, 0.1) is 11.9 Å². The predicted molar refractivity (Wildman–Crippen MR) is 81.8 cm³/mol. The molecular weight excluding hydrogens is 302 g/mol. The predicted octanol–water partition coefficient (Wildman–Crippen LogP) is 1.18. The van der Waals surface area contributed by atoms with Gasteiger partial charge in [-0.3, -0.25) is 14.6 Å². The van der Waals surface area contributed by atoms with E-state index in [9.17, 15) is 9.59 Å². The molecule has 1 aliphatic carbocycles. The number of rotatable bonds is 5. The van der Waals surface area contributed by atoms with Crippen molar-refractivity contribution >= 4 is 28.3 Å². The summed E-state index contributed by atoms with van der Waals surface area (Å²) in [6.45, 7) is 0.242. The quantitative estimate of drug-likeness (QED) is 0.863. The van der Waals surface area contributed by atoms with Gasteiger partial charge in [0, 0.05) is 30.2 Å². The summed E-state index contributed by atoms with van der Waals surface area (Å²) in [4.78, 5) is 36.9. The molecule has 0 unspecified atom stereocenters. The van der Waals surface area contributed by atoms with E-state index in [0.29, 0.717) is 5.13 Å². The van der Waals surface area contributed by atoms with Gasteiger partial charge in [0.15, 0.2) is 5.13 Å². The Balaban J connectivity index is 1.43. The van der Waals surface area contributed by atoms with Crippen LogP contribution in [0.3, 0.4) is 0 Å². The fraction of sp³-hybridized carbons (Fsp3) is 0.357. The second-order valence-corrected chi connectivity index (χ2v) is 5.97. The summed E-state index contributed by atoms with van der Waals surface area (Å²) >= 11 is 1.54. The highest BCUT2D eigenvalue weighted by atomic mass is 32.1. The number of anilines is 1. The van der Waals surface area contributed by atoms with Crippen LogP contribution in [0.15, 0.2) is 18.6 Å². The number of amides is 2. The van der Waals surface area contributed by atoms with Crippen LogP contribution in [0.5, 0.6) is 0 Å². The number of aromatic nitrogens is 3. The summed E-state index contributed by atoms with van der Waals surface area (Å²) in [5, 5.41) is 6.06. The third kappa shape index (κ3) is 3.45. The summed E-state index contributed by atoms with van der Waals surface area (Å²) in [5.41, 5.74) is 1.34. The molecule has 1 aliphatic rings. The van der Waals surface area contributed by atoms with Gasteiger partial charge < -0.3 is 10.6 Å². The fourth-order valence-corrected chi connectivity index (χ4v) is 3.29. The average molecular weight is 317 g/mol. The zero-order valence-electron chi connectivity index (χ0n) is 11.8. The minimum atomic E-state index is -0.339. The first kappa shape index (κ1) is 14.6. The molecule has 0 saturated heterocycles. The van der Waals surface area contributed by atoms with Crippen LogP contribution in [-0.4, -0.2) is 33.3 Å². The third-order valence-electron chi connectivity index (χ3n) is 3.28. The Hall–Kier alpha value is -2.35. The molecule has 0 bridgehead atoms. The zero-order valence-corrected chi connectivity index (χ0v) is 12.7. The highest BCUT2D eigenvalue weighted by molar-refractivity contribution is 7.15. The highest BCUT2D eigenvalue weighted by Crippen LogP contribution is 2.30. The van der Waals surface area contributed by atoms with Gasteiger partial charge in [-0.15, -0.1) is 11.3 Å². The molecule has 3 rings (SSSR count). The molecule has 7 nitrogen and oxygen atoms in total. The minimum Gasteiger partial charge on any atom is -0.350 e. The Morgan fingerprint density at radius 2 is 2.18 bits per heavy atom. The molecule has 0 fully saturated rings. The van der Waals surface area contributed by atoms with Crippen LogP contribution in [0.2, 0.25) is 0 Å². The van der Waals surface area contributed by atoms with Crippen LogP contribution in [0.25, 0.3) is 0 Å². The number of hydrogen-bond donors (Lipinski definition) is 2. The van der Waals surface area contributed by atoms with Crippen molar-refractivity contribution in [2.24, 2.45) is 0 Å². The van der Waals surface area contributed by atoms with E-state index in [1.807, 2.05) is 0 Å². The number of aryl methyl sites for hydroxylation is 2. The maximum absolute atomic E-state index is 11.8. The van der Waals surface area contributed by atoms with Crippen LogP contribution in [-0.2, 0) is 17.6 Å². The van der Waals surface area contributed by atoms with Gasteiger partial charge in [-0.05, 0) is 19.3 Å². The second-order valence-electron chi connectivity index (χ2n) is 4.89. The van der Waals surface area contributed by atoms with Crippen molar-refractivity contribution in [3.05, 3.63) is 34.9 Å². The summed E-state index contributed by atoms with van der Waals surface area (Å²) in [7, 11) is 0. The zero-order chi connectivity index (χ0) is 15.4. The molecule has 0 radical (unpaired) electrons. The number of nitrogens with zero attached hydrogens (tertiary/aromatic N) is 3. The van der Waals surface area contributed by atoms with E-state index in [1.54, 1.807) is 0 Å². The van der Waals surface area contributed by atoms with Crippen LogP contribution in [0.4, 0.5) is 5.13 Å². The highest BCUT2D eigenvalue weighted by Gasteiger charge is 2.17. The van der Waals surface area contributed by atoms with Crippen LogP contribution >= 0.6 is 11.3 Å². The van der Waals surface area contributed by atoms with Gasteiger partial charge in [0.1, 0.15) is 5.69 Å². The molecule has 0 saturated carbocycles. The van der Waals surface area contributed by atoms with E-state index in [-0.39, 0.29) is 30.5 Å². The standard InChI is InChI=1S/C14H15N5O2S/c20-12(19-14-18-9-2-1-3-11(9)22-14)4-5-17-13(21)10-8-15-6-7-16-10/h6-8H,1-5H2,(H,17,21)(H,18,19,20). The van der Waals surface area contributed by atoms with Gasteiger partial charge in [-0.1, -0.05) is 0 Å². The van der Waals surface area contributed by atoms with Crippen LogP contribution in [0, 0.1) is 0 Å². The molecule has 0 atom stereocenters. The lowest BCUT2D eigenvalue weighted by molar-refractivity contribution is -0.116. The molecular formula is C14H15N5O2S. The lowest BCUT2D eigenvalue weighted by atomic mass is 10.3. The maximum Gasteiger partial charge on any atom is 0.271 e. The Bertz CT molecular complexity index is 664. The van der Waals surface area contributed by atoms with E-state index in [2.05, 4.69) is 25.6 Å². The lowest BCUT2D eigenvalue weighted by Gasteiger charge is -2.04. The molecule has 114 valence electrons. The number of carbonyl (C=O) groups excluding carboxylic acids is 2. The van der Waals surface area contributed by atoms with E-state index < -0.39 is 0 Å². The topological polar surface area (TPSA) is 96.9 Å². The average Bonchev–Trinajstić information content (AvgIpc) is 3.09. The molecule has 2 aromatic heterocycles. The van der Waals surface area contributed by atoms with Crippen LogP contribution in [0.1, 0.15) is 33.9 Å². The van der Waals surface area contributed by atoms with Crippen molar-refractivity contribution in [1.29, 1.82) is 0 Å². The van der Waals surface area contributed by atoms with Gasteiger partial charge >= 0.3 is 0 Å². The van der Waals surface area contributed by atoms with E-state index >= 15 is 0 Å². The number of hydrogen-bond acceptors (Lipinski definition) is 6. The minimum absolute atomic E-state index is 0.160. The summed E-state index contributed by atoms with van der Waals surface area (Å²) in [6.07, 6.45) is 7.71. The molecule has 2 N–H and O–H groups in total. The molecule has 2 aromatic rings. The van der Waals surface area contributed by atoms with E-state index in [1.165, 1.54) is 34.8 Å². The number of nitrogens with one attached hydrogen (secondary N) is 2. The van der Waals surface area contributed by atoms with Gasteiger partial charge in [-0.25, -0.2) is 9.97 Å². The Kier molecular flexibility index (Phi) is 4.38. The van der Waals surface area contributed by atoms with Crippen molar-refractivity contribution in [3.8, 4) is 0 Å². The van der Waals surface area contributed by atoms with Gasteiger partial charge in [-0.2, -0.15) is 0 Å². The first-order valence-corrected chi connectivity index (χ1v) is 7.86. The maximum atomic E-state index is 11.8. The van der Waals surface area contributed by atoms with E-state index in [0.717, 1.165) is 25.0 Å². The number of carbonyl (C=O) groups is 2. The fourth-order valence-electron chi connectivity index (χ4n) is 2.22. The third-order valence-corrected chi connectivity index (χ3v) is 4.35. The van der Waals surface area contributed by atoms with Crippen molar-refractivity contribution in [3.63, 3.8) is 0 Å². The summed E-state index contributed by atoms with van der Waals surface area (Å²) < 4.78 is 0. The molecule has 22 heavy (non-hydrogen) atoms. The monoisotopic (exact) mass is 317 g/mol. The summed E-state index contributed by atoms with van der Waals surface area (Å²) in [6, 6.07) is 0. The Labute approximate surface area is 131 Å². The molecule has 0 spiro atoms. The van der Waals surface area contributed by atoms with Gasteiger partial charge in [0.2, 0.25) is 5.91 Å². The van der Waals surface area contributed by atoms with Crippen LogP contribution < -0.4 is 10.6 Å². The van der Waals surface area contributed by atoms with Gasteiger partial charge in [0.25, 0.3) is 5.91 Å². The molecule has 0 aromatic carbocycles. The van der Waals surface area contributed by atoms with Crippen molar-refractivity contribution in [1.82, 2.24) is 20.3 Å². The van der Waals surface area contributed by atoms with E-state index in [4.69, 9.17) is 0 Å². The number of thiazole rings is 1. The molecule has 2 heterocycles. The lowest BCUT2D eigenvalue weighted by Crippen LogP contribution is -2.28. The Morgan fingerprint density at radius 3 is 2.95 bits per heavy atom. The smallest absolute Gasteiger partial charge is 0.271 e. The normalized spacial score (nSPS) is 12.7. The molecule has 8 heteroatoms. The van der Waals surface area contributed by atoms with Crippen molar-refractivity contribution in [2.45, 2.75) is 25.7 Å². The molecule has 2 amide bonds. The Morgan fingerprint density at radius 1 is 1.27 bits per heavy atom. The number of fused-ring (bicyclic) bond motifs is 1. The second kappa shape index (κ2) is 6.61. The van der Waals surface area contributed by atoms with Crippen molar-refractivity contribution < 1.29 is 9.59 Å². The summed E-state index contributed by atoms with van der Waals surface area (Å²) in [5.74, 6) is -0.499. The molecule has 0 aliphatic heterocycles. The largest absolute Gasteiger partial charge is 0.350 e. The first-order valence-electron chi connectivity index (χ1n) is 7.05. The first-order chi connectivity index (χ1) is 10.7.